The highest BCUT2D eigenvalue weighted by Crippen LogP contribution is 2.30. The van der Waals surface area contributed by atoms with Crippen molar-refractivity contribution in [3.63, 3.8) is 0 Å². The first-order valence-electron chi connectivity index (χ1n) is 9.14. The summed E-state index contributed by atoms with van der Waals surface area (Å²) < 4.78 is 10.1. The third-order valence-electron chi connectivity index (χ3n) is 4.69. The maximum Gasteiger partial charge on any atom is 0.337 e. The zero-order valence-corrected chi connectivity index (χ0v) is 16.4. The van der Waals surface area contributed by atoms with Crippen LogP contribution in [0.5, 0.6) is 0 Å². The van der Waals surface area contributed by atoms with Crippen LogP contribution in [0.15, 0.2) is 48.5 Å². The van der Waals surface area contributed by atoms with Gasteiger partial charge in [0.05, 0.1) is 25.9 Å². The summed E-state index contributed by atoms with van der Waals surface area (Å²) in [4.78, 5) is 13.9. The molecule has 0 saturated carbocycles. The number of nitrogens with zero attached hydrogens (tertiary/aromatic N) is 3. The molecule has 7 heteroatoms. The highest BCUT2D eigenvalue weighted by molar-refractivity contribution is 7.17. The molecule has 1 aliphatic heterocycles. The molecule has 0 N–H and O–H groups in total. The average molecular weight is 395 g/mol. The van der Waals surface area contributed by atoms with Gasteiger partial charge in [0.2, 0.25) is 0 Å². The normalized spacial score (nSPS) is 14.8. The maximum absolute atomic E-state index is 11.5. The number of esters is 1. The molecule has 0 aliphatic carbocycles. The fraction of sp³-hybridized carbons (Fsp3) is 0.286. The van der Waals surface area contributed by atoms with E-state index in [0.717, 1.165) is 54.0 Å². The third-order valence-corrected chi connectivity index (χ3v) is 5.71. The Bertz CT molecular complexity index is 932. The minimum Gasteiger partial charge on any atom is -0.465 e. The van der Waals surface area contributed by atoms with E-state index in [1.807, 2.05) is 12.1 Å². The van der Waals surface area contributed by atoms with Crippen LogP contribution < -0.4 is 0 Å². The van der Waals surface area contributed by atoms with Gasteiger partial charge < -0.3 is 9.47 Å². The van der Waals surface area contributed by atoms with Crippen LogP contribution >= 0.6 is 11.3 Å². The molecule has 28 heavy (non-hydrogen) atoms. The molecule has 1 aromatic heterocycles. The first-order valence-corrected chi connectivity index (χ1v) is 9.96. The van der Waals surface area contributed by atoms with Crippen molar-refractivity contribution in [2.24, 2.45) is 0 Å². The van der Waals surface area contributed by atoms with Crippen molar-refractivity contribution in [1.82, 2.24) is 15.1 Å². The molecule has 1 saturated heterocycles. The molecule has 6 nitrogen and oxygen atoms in total. The van der Waals surface area contributed by atoms with Gasteiger partial charge in [-0.05, 0) is 17.7 Å². The topological polar surface area (TPSA) is 64.5 Å². The summed E-state index contributed by atoms with van der Waals surface area (Å²) in [6.45, 7) is 4.53. The van der Waals surface area contributed by atoms with E-state index in [1.54, 1.807) is 12.1 Å². The Labute approximate surface area is 167 Å². The van der Waals surface area contributed by atoms with E-state index in [9.17, 15) is 4.79 Å². The highest BCUT2D eigenvalue weighted by Gasteiger charge is 2.13. The van der Waals surface area contributed by atoms with Gasteiger partial charge in [-0.15, -0.1) is 10.2 Å². The summed E-state index contributed by atoms with van der Waals surface area (Å²) >= 11 is 1.54. The van der Waals surface area contributed by atoms with Crippen LogP contribution in [0.4, 0.5) is 0 Å². The largest absolute Gasteiger partial charge is 0.465 e. The van der Waals surface area contributed by atoms with Crippen molar-refractivity contribution < 1.29 is 14.3 Å². The lowest BCUT2D eigenvalue weighted by molar-refractivity contribution is 0.0342. The van der Waals surface area contributed by atoms with E-state index in [-0.39, 0.29) is 5.97 Å². The number of carbonyl (C=O) groups excluding carboxylic acids is 1. The van der Waals surface area contributed by atoms with Crippen LogP contribution in [0.1, 0.15) is 15.9 Å². The number of ether oxygens (including phenoxy) is 2. The van der Waals surface area contributed by atoms with Crippen molar-refractivity contribution in [2.75, 3.05) is 33.4 Å². The molecule has 0 unspecified atom stereocenters. The van der Waals surface area contributed by atoms with Crippen LogP contribution in [0.3, 0.4) is 0 Å². The Morgan fingerprint density at radius 2 is 1.57 bits per heavy atom. The Balaban J connectivity index is 1.45. The minimum absolute atomic E-state index is 0.346. The van der Waals surface area contributed by atoms with Gasteiger partial charge >= 0.3 is 5.97 Å². The monoisotopic (exact) mass is 395 g/mol. The number of methoxy groups -OCH3 is 1. The molecule has 4 rings (SSSR count). The van der Waals surface area contributed by atoms with Crippen LogP contribution in [-0.2, 0) is 16.0 Å². The van der Waals surface area contributed by atoms with Gasteiger partial charge in [0, 0.05) is 30.8 Å². The van der Waals surface area contributed by atoms with Gasteiger partial charge in [-0.25, -0.2) is 4.79 Å². The van der Waals surface area contributed by atoms with Crippen LogP contribution in [0, 0.1) is 0 Å². The second kappa shape index (κ2) is 8.60. The molecule has 144 valence electrons. The van der Waals surface area contributed by atoms with Crippen LogP contribution in [0.2, 0.25) is 0 Å². The average Bonchev–Trinajstić information content (AvgIpc) is 3.25. The first-order chi connectivity index (χ1) is 13.7. The Morgan fingerprint density at radius 3 is 2.14 bits per heavy atom. The fourth-order valence-corrected chi connectivity index (χ4v) is 3.95. The van der Waals surface area contributed by atoms with Gasteiger partial charge in [0.1, 0.15) is 10.0 Å². The van der Waals surface area contributed by atoms with Gasteiger partial charge in [0.15, 0.2) is 0 Å². The number of rotatable bonds is 5. The molecule has 0 bridgehead atoms. The standard InChI is InChI=1S/C21H21N3O3S/c1-26-21(25)18-8-6-17(7-9-18)20-23-22-19(28-20)16-4-2-15(3-5-16)14-24-10-12-27-13-11-24/h2-9H,10-14H2,1H3. The van der Waals surface area contributed by atoms with Crippen molar-refractivity contribution in [3.8, 4) is 21.1 Å². The summed E-state index contributed by atoms with van der Waals surface area (Å²) in [6.07, 6.45) is 0. The summed E-state index contributed by atoms with van der Waals surface area (Å²) in [7, 11) is 1.37. The number of hydrogen-bond donors (Lipinski definition) is 0. The van der Waals surface area contributed by atoms with E-state index in [4.69, 9.17) is 9.47 Å². The van der Waals surface area contributed by atoms with Gasteiger partial charge in [0.25, 0.3) is 0 Å². The van der Waals surface area contributed by atoms with Crippen LogP contribution in [-0.4, -0.2) is 54.5 Å². The molecular weight excluding hydrogens is 374 g/mol. The Morgan fingerprint density at radius 1 is 1.00 bits per heavy atom. The molecule has 0 radical (unpaired) electrons. The minimum atomic E-state index is -0.346. The van der Waals surface area contributed by atoms with Crippen molar-refractivity contribution in [1.29, 1.82) is 0 Å². The Kier molecular flexibility index (Phi) is 5.76. The molecule has 1 aliphatic rings. The number of hydrogen-bond acceptors (Lipinski definition) is 7. The second-order valence-electron chi connectivity index (χ2n) is 6.57. The van der Waals surface area contributed by atoms with Crippen molar-refractivity contribution in [3.05, 3.63) is 59.7 Å². The highest BCUT2D eigenvalue weighted by atomic mass is 32.1. The second-order valence-corrected chi connectivity index (χ2v) is 7.54. The fourth-order valence-electron chi connectivity index (χ4n) is 3.09. The zero-order chi connectivity index (χ0) is 19.3. The lowest BCUT2D eigenvalue weighted by atomic mass is 10.1. The van der Waals surface area contributed by atoms with Gasteiger partial charge in [-0.1, -0.05) is 47.7 Å². The molecule has 0 amide bonds. The summed E-state index contributed by atoms with van der Waals surface area (Å²) in [5.41, 5.74) is 3.79. The number of benzene rings is 2. The lowest BCUT2D eigenvalue weighted by Gasteiger charge is -2.26. The SMILES string of the molecule is COC(=O)c1ccc(-c2nnc(-c3ccc(CN4CCOCC4)cc3)s2)cc1. The number of aromatic nitrogens is 2. The zero-order valence-electron chi connectivity index (χ0n) is 15.6. The molecule has 2 heterocycles. The maximum atomic E-state index is 11.5. The van der Waals surface area contributed by atoms with Crippen molar-refractivity contribution >= 4 is 17.3 Å². The summed E-state index contributed by atoms with van der Waals surface area (Å²) in [5.74, 6) is -0.346. The van der Waals surface area contributed by atoms with E-state index >= 15 is 0 Å². The van der Waals surface area contributed by atoms with Crippen LogP contribution in [0.25, 0.3) is 21.1 Å². The van der Waals surface area contributed by atoms with E-state index < -0.39 is 0 Å². The summed E-state index contributed by atoms with van der Waals surface area (Å²) in [6, 6.07) is 15.7. The Hall–Kier alpha value is -2.61. The van der Waals surface area contributed by atoms with E-state index in [0.29, 0.717) is 5.56 Å². The molecule has 2 aromatic carbocycles. The smallest absolute Gasteiger partial charge is 0.337 e. The molecule has 1 fully saturated rings. The molecule has 0 atom stereocenters. The van der Waals surface area contributed by atoms with Crippen molar-refractivity contribution in [2.45, 2.75) is 6.54 Å². The number of morpholine rings is 1. The predicted molar refractivity (Wildman–Crippen MR) is 108 cm³/mol. The van der Waals surface area contributed by atoms with Gasteiger partial charge in [-0.3, -0.25) is 4.90 Å². The lowest BCUT2D eigenvalue weighted by Crippen LogP contribution is -2.35. The van der Waals surface area contributed by atoms with Gasteiger partial charge in [-0.2, -0.15) is 0 Å². The molecular formula is C21H21N3O3S. The summed E-state index contributed by atoms with van der Waals surface area (Å²) in [5, 5.41) is 10.3. The quantitative estimate of drug-likeness (QED) is 0.616. The predicted octanol–water partition coefficient (Wildman–Crippen LogP) is 3.49. The number of carbonyl (C=O) groups is 1. The molecule has 0 spiro atoms. The third kappa shape index (κ3) is 4.27. The first kappa shape index (κ1) is 18.7. The van der Waals surface area contributed by atoms with E-state index in [1.165, 1.54) is 24.0 Å². The van der Waals surface area contributed by atoms with E-state index in [2.05, 4.69) is 39.4 Å². The molecule has 3 aromatic rings.